The van der Waals surface area contributed by atoms with Crippen molar-refractivity contribution in [1.29, 1.82) is 0 Å². The van der Waals surface area contributed by atoms with Gasteiger partial charge in [0.2, 0.25) is 0 Å². The van der Waals surface area contributed by atoms with Gasteiger partial charge in [0, 0.05) is 23.1 Å². The summed E-state index contributed by atoms with van der Waals surface area (Å²) in [6.45, 7) is 4.46. The van der Waals surface area contributed by atoms with Gasteiger partial charge in [-0.05, 0) is 44.0 Å². The van der Waals surface area contributed by atoms with Crippen molar-refractivity contribution in [1.82, 2.24) is 10.6 Å². The molecule has 1 heterocycles. The molecular weight excluding hydrogens is 264 g/mol. The van der Waals surface area contributed by atoms with Crippen molar-refractivity contribution >= 4 is 15.9 Å². The van der Waals surface area contributed by atoms with Crippen LogP contribution in [0.15, 0.2) is 28.7 Å². The second-order valence-electron chi connectivity index (χ2n) is 4.48. The van der Waals surface area contributed by atoms with Crippen LogP contribution >= 0.6 is 15.9 Å². The summed E-state index contributed by atoms with van der Waals surface area (Å²) >= 11 is 3.51. The zero-order chi connectivity index (χ0) is 11.4. The largest absolute Gasteiger partial charge is 0.313 e. The van der Waals surface area contributed by atoms with Gasteiger partial charge in [0.05, 0.1) is 0 Å². The first-order valence-corrected chi connectivity index (χ1v) is 6.77. The van der Waals surface area contributed by atoms with Gasteiger partial charge in [-0.25, -0.2) is 0 Å². The van der Waals surface area contributed by atoms with Gasteiger partial charge in [0.25, 0.3) is 0 Å². The molecule has 3 heteroatoms. The highest BCUT2D eigenvalue weighted by molar-refractivity contribution is 9.10. The predicted octanol–water partition coefficient (Wildman–Crippen LogP) is 2.85. The molecule has 1 aromatic rings. The molecule has 1 aliphatic rings. The van der Waals surface area contributed by atoms with Crippen molar-refractivity contribution in [3.63, 3.8) is 0 Å². The highest BCUT2D eigenvalue weighted by Gasteiger charge is 2.14. The van der Waals surface area contributed by atoms with Crippen LogP contribution in [0, 0.1) is 0 Å². The van der Waals surface area contributed by atoms with Crippen LogP contribution in [0.4, 0.5) is 0 Å². The molecular formula is C13H19BrN2. The summed E-state index contributed by atoms with van der Waals surface area (Å²) in [6.07, 6.45) is 2.62. The van der Waals surface area contributed by atoms with Gasteiger partial charge < -0.3 is 10.6 Å². The Morgan fingerprint density at radius 1 is 1.56 bits per heavy atom. The molecule has 0 radical (unpaired) electrons. The summed E-state index contributed by atoms with van der Waals surface area (Å²) < 4.78 is 1.15. The van der Waals surface area contributed by atoms with E-state index in [2.05, 4.69) is 57.8 Å². The van der Waals surface area contributed by atoms with Crippen molar-refractivity contribution < 1.29 is 0 Å². The van der Waals surface area contributed by atoms with Crippen LogP contribution in [0.1, 0.15) is 31.4 Å². The van der Waals surface area contributed by atoms with Crippen LogP contribution in [0.25, 0.3) is 0 Å². The fourth-order valence-electron chi connectivity index (χ4n) is 2.14. The quantitative estimate of drug-likeness (QED) is 0.888. The van der Waals surface area contributed by atoms with E-state index in [-0.39, 0.29) is 0 Å². The smallest absolute Gasteiger partial charge is 0.0292 e. The van der Waals surface area contributed by atoms with E-state index < -0.39 is 0 Å². The molecule has 0 aliphatic carbocycles. The van der Waals surface area contributed by atoms with Crippen molar-refractivity contribution in [3.05, 3.63) is 34.3 Å². The van der Waals surface area contributed by atoms with E-state index in [4.69, 9.17) is 0 Å². The summed E-state index contributed by atoms with van der Waals surface area (Å²) in [7, 11) is 0. The fraction of sp³-hybridized carbons (Fsp3) is 0.538. The summed E-state index contributed by atoms with van der Waals surface area (Å²) in [4.78, 5) is 0. The van der Waals surface area contributed by atoms with E-state index in [1.54, 1.807) is 0 Å². The number of nitrogens with one attached hydrogen (secondary N) is 2. The Balaban J connectivity index is 1.85. The Labute approximate surface area is 106 Å². The van der Waals surface area contributed by atoms with Gasteiger partial charge in [0.15, 0.2) is 0 Å². The lowest BCUT2D eigenvalue weighted by Gasteiger charge is -2.18. The first kappa shape index (κ1) is 12.1. The van der Waals surface area contributed by atoms with E-state index in [1.165, 1.54) is 24.9 Å². The first-order chi connectivity index (χ1) is 7.75. The Bertz CT molecular complexity index is 334. The van der Waals surface area contributed by atoms with Gasteiger partial charge >= 0.3 is 0 Å². The summed E-state index contributed by atoms with van der Waals surface area (Å²) in [5.74, 6) is 0. The lowest BCUT2D eigenvalue weighted by molar-refractivity contribution is 0.490. The van der Waals surface area contributed by atoms with E-state index in [1.807, 2.05) is 0 Å². The molecule has 0 bridgehead atoms. The van der Waals surface area contributed by atoms with E-state index in [9.17, 15) is 0 Å². The number of rotatable bonds is 4. The van der Waals surface area contributed by atoms with E-state index >= 15 is 0 Å². The number of hydrogen-bond acceptors (Lipinski definition) is 2. The maximum Gasteiger partial charge on any atom is 0.0292 e. The van der Waals surface area contributed by atoms with Gasteiger partial charge in [-0.2, -0.15) is 0 Å². The van der Waals surface area contributed by atoms with Crippen LogP contribution in [0.2, 0.25) is 0 Å². The molecule has 1 fully saturated rings. The second kappa shape index (κ2) is 5.80. The average molecular weight is 283 g/mol. The van der Waals surface area contributed by atoms with Crippen LogP contribution in [-0.2, 0) is 0 Å². The molecule has 2 unspecified atom stereocenters. The molecule has 0 spiro atoms. The SMILES string of the molecule is CC(NCC1CCCN1)c1cccc(Br)c1. The topological polar surface area (TPSA) is 24.1 Å². The molecule has 0 amide bonds. The Kier molecular flexibility index (Phi) is 4.38. The van der Waals surface area contributed by atoms with E-state index in [0.717, 1.165) is 11.0 Å². The van der Waals surface area contributed by atoms with Crippen LogP contribution in [-0.4, -0.2) is 19.1 Å². The van der Waals surface area contributed by atoms with Crippen molar-refractivity contribution in [2.24, 2.45) is 0 Å². The maximum absolute atomic E-state index is 3.58. The van der Waals surface area contributed by atoms with Gasteiger partial charge in [-0.1, -0.05) is 28.1 Å². The lowest BCUT2D eigenvalue weighted by atomic mass is 10.1. The van der Waals surface area contributed by atoms with Crippen LogP contribution in [0.5, 0.6) is 0 Å². The maximum atomic E-state index is 3.58. The Morgan fingerprint density at radius 2 is 2.44 bits per heavy atom. The number of benzene rings is 1. The lowest BCUT2D eigenvalue weighted by Crippen LogP contribution is -2.35. The van der Waals surface area contributed by atoms with Crippen molar-refractivity contribution in [3.8, 4) is 0 Å². The minimum Gasteiger partial charge on any atom is -0.313 e. The first-order valence-electron chi connectivity index (χ1n) is 5.98. The molecule has 2 atom stereocenters. The zero-order valence-corrected chi connectivity index (χ0v) is 11.3. The highest BCUT2D eigenvalue weighted by atomic mass is 79.9. The minimum absolute atomic E-state index is 0.417. The van der Waals surface area contributed by atoms with Gasteiger partial charge in [-0.3, -0.25) is 0 Å². The molecule has 0 saturated carbocycles. The molecule has 1 saturated heterocycles. The zero-order valence-electron chi connectivity index (χ0n) is 9.67. The fourth-order valence-corrected chi connectivity index (χ4v) is 2.56. The van der Waals surface area contributed by atoms with Crippen LogP contribution < -0.4 is 10.6 Å². The Hall–Kier alpha value is -0.380. The number of halogens is 1. The van der Waals surface area contributed by atoms with Crippen molar-refractivity contribution in [2.75, 3.05) is 13.1 Å². The third-order valence-electron chi connectivity index (χ3n) is 3.18. The third kappa shape index (κ3) is 3.30. The molecule has 16 heavy (non-hydrogen) atoms. The predicted molar refractivity (Wildman–Crippen MR) is 71.6 cm³/mol. The third-order valence-corrected chi connectivity index (χ3v) is 3.67. The molecule has 2 rings (SSSR count). The normalized spacial score (nSPS) is 22.2. The molecule has 2 N–H and O–H groups in total. The molecule has 0 aromatic heterocycles. The molecule has 2 nitrogen and oxygen atoms in total. The van der Waals surface area contributed by atoms with Gasteiger partial charge in [0.1, 0.15) is 0 Å². The van der Waals surface area contributed by atoms with E-state index in [0.29, 0.717) is 12.1 Å². The number of hydrogen-bond donors (Lipinski definition) is 2. The molecule has 1 aliphatic heterocycles. The highest BCUT2D eigenvalue weighted by Crippen LogP contribution is 2.18. The van der Waals surface area contributed by atoms with Crippen molar-refractivity contribution in [2.45, 2.75) is 31.8 Å². The van der Waals surface area contributed by atoms with Gasteiger partial charge in [-0.15, -0.1) is 0 Å². The Morgan fingerprint density at radius 3 is 3.12 bits per heavy atom. The summed E-state index contributed by atoms with van der Waals surface area (Å²) in [6, 6.07) is 9.58. The second-order valence-corrected chi connectivity index (χ2v) is 5.39. The minimum atomic E-state index is 0.417. The monoisotopic (exact) mass is 282 g/mol. The summed E-state index contributed by atoms with van der Waals surface area (Å²) in [5, 5.41) is 7.09. The standard InChI is InChI=1S/C13H19BrN2/c1-10(11-4-2-5-12(14)8-11)16-9-13-6-3-7-15-13/h2,4-5,8,10,13,15-16H,3,6-7,9H2,1H3. The molecule has 88 valence electrons. The van der Waals surface area contributed by atoms with Crippen LogP contribution in [0.3, 0.4) is 0 Å². The average Bonchev–Trinajstić information content (AvgIpc) is 2.78. The molecule has 1 aromatic carbocycles. The summed E-state index contributed by atoms with van der Waals surface area (Å²) in [5.41, 5.74) is 1.34.